The topological polar surface area (TPSA) is 59.4 Å². The quantitative estimate of drug-likeness (QED) is 0.857. The van der Waals surface area contributed by atoms with Gasteiger partial charge in [0.25, 0.3) is 0 Å². The van der Waals surface area contributed by atoms with Gasteiger partial charge in [-0.05, 0) is 37.9 Å². The van der Waals surface area contributed by atoms with Gasteiger partial charge in [0.2, 0.25) is 5.95 Å². The summed E-state index contributed by atoms with van der Waals surface area (Å²) in [4.78, 5) is 6.66. The van der Waals surface area contributed by atoms with Crippen LogP contribution in [0.15, 0.2) is 35.6 Å². The molecule has 0 radical (unpaired) electrons. The molecule has 1 aliphatic rings. The maximum Gasteiger partial charge on any atom is 0.221 e. The third-order valence-corrected chi connectivity index (χ3v) is 4.83. The third kappa shape index (κ3) is 4.03. The minimum Gasteiger partial charge on any atom is -0.368 e. The number of benzene rings is 1. The molecule has 5 heteroatoms. The second-order valence-corrected chi connectivity index (χ2v) is 6.74. The molecule has 0 aliphatic heterocycles. The Kier molecular flexibility index (Phi) is 5.30. The fourth-order valence-electron chi connectivity index (χ4n) is 3.44. The van der Waals surface area contributed by atoms with Crippen molar-refractivity contribution in [3.8, 4) is 0 Å². The van der Waals surface area contributed by atoms with Crippen molar-refractivity contribution in [3.05, 3.63) is 47.3 Å². The van der Waals surface area contributed by atoms with E-state index in [-0.39, 0.29) is 0 Å². The van der Waals surface area contributed by atoms with Crippen molar-refractivity contribution < 1.29 is 0 Å². The van der Waals surface area contributed by atoms with Crippen LogP contribution in [-0.2, 0) is 6.54 Å². The molecule has 1 aliphatic carbocycles. The van der Waals surface area contributed by atoms with Crippen molar-refractivity contribution in [1.82, 2.24) is 14.6 Å². The maximum absolute atomic E-state index is 5.85. The van der Waals surface area contributed by atoms with Crippen molar-refractivity contribution in [2.24, 2.45) is 5.10 Å². The van der Waals surface area contributed by atoms with Gasteiger partial charge in [-0.3, -0.25) is 4.90 Å². The standard InChI is InChI=1S/C19H27N5/c1-15-13-24(19(20)22-15)21-12-16-8-6-7-9-17(16)14-23(2)18-10-4-3-5-11-18/h6-9,12-13,18H,3-5,10-11,14H2,1-2H3,(H2,20,22). The van der Waals surface area contributed by atoms with E-state index in [0.29, 0.717) is 12.0 Å². The van der Waals surface area contributed by atoms with E-state index in [1.54, 1.807) is 4.68 Å². The van der Waals surface area contributed by atoms with Crippen LogP contribution in [0.4, 0.5) is 5.95 Å². The Hall–Kier alpha value is -2.14. The zero-order valence-electron chi connectivity index (χ0n) is 14.7. The summed E-state index contributed by atoms with van der Waals surface area (Å²) in [5.41, 5.74) is 9.15. The fourth-order valence-corrected chi connectivity index (χ4v) is 3.44. The second kappa shape index (κ2) is 7.62. The monoisotopic (exact) mass is 325 g/mol. The molecule has 3 rings (SSSR count). The van der Waals surface area contributed by atoms with Gasteiger partial charge in [0.1, 0.15) is 0 Å². The lowest BCUT2D eigenvalue weighted by atomic mass is 9.94. The van der Waals surface area contributed by atoms with Crippen LogP contribution in [0.1, 0.15) is 48.9 Å². The van der Waals surface area contributed by atoms with Gasteiger partial charge in [-0.15, -0.1) is 0 Å². The molecule has 5 nitrogen and oxygen atoms in total. The summed E-state index contributed by atoms with van der Waals surface area (Å²) < 4.78 is 1.62. The fraction of sp³-hybridized carbons (Fsp3) is 0.474. The van der Waals surface area contributed by atoms with Gasteiger partial charge >= 0.3 is 0 Å². The molecule has 0 spiro atoms. The van der Waals surface area contributed by atoms with Crippen LogP contribution in [0, 0.1) is 6.92 Å². The molecule has 1 fully saturated rings. The van der Waals surface area contributed by atoms with E-state index < -0.39 is 0 Å². The highest BCUT2D eigenvalue weighted by molar-refractivity contribution is 5.81. The van der Waals surface area contributed by atoms with Gasteiger partial charge in [0, 0.05) is 12.6 Å². The number of nitrogen functional groups attached to an aromatic ring is 1. The van der Waals surface area contributed by atoms with Gasteiger partial charge < -0.3 is 5.73 Å². The first-order valence-corrected chi connectivity index (χ1v) is 8.77. The van der Waals surface area contributed by atoms with E-state index in [1.165, 1.54) is 37.7 Å². The summed E-state index contributed by atoms with van der Waals surface area (Å²) in [6.07, 6.45) is 10.5. The van der Waals surface area contributed by atoms with E-state index in [2.05, 4.69) is 40.2 Å². The van der Waals surface area contributed by atoms with E-state index in [9.17, 15) is 0 Å². The SMILES string of the molecule is Cc1cn(N=Cc2ccccc2CN(C)C2CCCCC2)c(N)n1. The highest BCUT2D eigenvalue weighted by Gasteiger charge is 2.18. The minimum atomic E-state index is 0.417. The van der Waals surface area contributed by atoms with Crippen molar-refractivity contribution in [3.63, 3.8) is 0 Å². The van der Waals surface area contributed by atoms with Gasteiger partial charge in [-0.2, -0.15) is 5.10 Å². The molecule has 24 heavy (non-hydrogen) atoms. The molecule has 0 atom stereocenters. The van der Waals surface area contributed by atoms with Crippen molar-refractivity contribution in [2.45, 2.75) is 51.6 Å². The number of nitrogens with zero attached hydrogens (tertiary/aromatic N) is 4. The molecular formula is C19H27N5. The maximum atomic E-state index is 5.85. The summed E-state index contributed by atoms with van der Waals surface area (Å²) in [7, 11) is 2.24. The van der Waals surface area contributed by atoms with E-state index in [4.69, 9.17) is 5.73 Å². The first-order valence-electron chi connectivity index (χ1n) is 8.77. The third-order valence-electron chi connectivity index (χ3n) is 4.83. The molecule has 2 N–H and O–H groups in total. The molecule has 2 aromatic rings. The smallest absolute Gasteiger partial charge is 0.221 e. The summed E-state index contributed by atoms with van der Waals surface area (Å²) in [6, 6.07) is 9.14. The average molecular weight is 325 g/mol. The Morgan fingerprint density at radius 1 is 1.29 bits per heavy atom. The Morgan fingerprint density at radius 3 is 2.75 bits per heavy atom. The van der Waals surface area contributed by atoms with Crippen LogP contribution >= 0.6 is 0 Å². The van der Waals surface area contributed by atoms with E-state index in [1.807, 2.05) is 25.4 Å². The lowest BCUT2D eigenvalue weighted by molar-refractivity contribution is 0.184. The average Bonchev–Trinajstić information content (AvgIpc) is 2.92. The van der Waals surface area contributed by atoms with E-state index >= 15 is 0 Å². The van der Waals surface area contributed by atoms with E-state index in [0.717, 1.165) is 17.8 Å². The number of rotatable bonds is 5. The Labute approximate surface area is 144 Å². The van der Waals surface area contributed by atoms with Gasteiger partial charge in [0.15, 0.2) is 0 Å². The van der Waals surface area contributed by atoms with Crippen LogP contribution < -0.4 is 5.73 Å². The first kappa shape index (κ1) is 16.7. The number of hydrogen-bond acceptors (Lipinski definition) is 4. The molecule has 0 amide bonds. The predicted octanol–water partition coefficient (Wildman–Crippen LogP) is 3.42. The summed E-state index contributed by atoms with van der Waals surface area (Å²) in [5.74, 6) is 0.417. The molecule has 1 aromatic heterocycles. The Balaban J connectivity index is 1.74. The molecule has 0 bridgehead atoms. The predicted molar refractivity (Wildman–Crippen MR) is 99.2 cm³/mol. The Morgan fingerprint density at radius 2 is 2.04 bits per heavy atom. The van der Waals surface area contributed by atoms with Crippen LogP contribution in [0.5, 0.6) is 0 Å². The van der Waals surface area contributed by atoms with Crippen molar-refractivity contribution >= 4 is 12.2 Å². The number of nitrogens with two attached hydrogens (primary N) is 1. The molecule has 1 aromatic carbocycles. The lowest BCUT2D eigenvalue weighted by Gasteiger charge is -2.31. The largest absolute Gasteiger partial charge is 0.368 e. The second-order valence-electron chi connectivity index (χ2n) is 6.74. The molecule has 0 saturated heterocycles. The molecule has 128 valence electrons. The Bertz CT molecular complexity index is 698. The zero-order chi connectivity index (χ0) is 16.9. The minimum absolute atomic E-state index is 0.417. The molecule has 0 unspecified atom stereocenters. The highest BCUT2D eigenvalue weighted by atomic mass is 15.4. The van der Waals surface area contributed by atoms with Crippen LogP contribution in [0.25, 0.3) is 0 Å². The van der Waals surface area contributed by atoms with Crippen LogP contribution in [0.3, 0.4) is 0 Å². The lowest BCUT2D eigenvalue weighted by Crippen LogP contribution is -2.33. The van der Waals surface area contributed by atoms with Crippen molar-refractivity contribution in [2.75, 3.05) is 12.8 Å². The summed E-state index contributed by atoms with van der Waals surface area (Å²) in [6.45, 7) is 2.86. The first-order chi connectivity index (χ1) is 11.6. The molecule has 1 saturated carbocycles. The number of aromatic nitrogens is 2. The van der Waals surface area contributed by atoms with Gasteiger partial charge in [0.05, 0.1) is 18.1 Å². The molecule has 1 heterocycles. The van der Waals surface area contributed by atoms with Crippen molar-refractivity contribution in [1.29, 1.82) is 0 Å². The number of imidazole rings is 1. The number of aryl methyl sites for hydroxylation is 1. The summed E-state index contributed by atoms with van der Waals surface area (Å²) >= 11 is 0. The zero-order valence-corrected chi connectivity index (χ0v) is 14.7. The summed E-state index contributed by atoms with van der Waals surface area (Å²) in [5, 5.41) is 4.46. The normalized spacial score (nSPS) is 16.3. The van der Waals surface area contributed by atoms with Crippen LogP contribution in [-0.4, -0.2) is 33.9 Å². The van der Waals surface area contributed by atoms with Gasteiger partial charge in [-0.25, -0.2) is 9.66 Å². The highest BCUT2D eigenvalue weighted by Crippen LogP contribution is 2.23. The number of hydrogen-bond donors (Lipinski definition) is 1. The molecular weight excluding hydrogens is 298 g/mol. The number of anilines is 1. The van der Waals surface area contributed by atoms with Gasteiger partial charge in [-0.1, -0.05) is 43.5 Å². The van der Waals surface area contributed by atoms with Crippen LogP contribution in [0.2, 0.25) is 0 Å².